The van der Waals surface area contributed by atoms with Gasteiger partial charge in [-0.15, -0.1) is 0 Å². The predicted molar refractivity (Wildman–Crippen MR) is 48.5 cm³/mol. The van der Waals surface area contributed by atoms with Crippen LogP contribution in [-0.4, -0.2) is 6.17 Å². The van der Waals surface area contributed by atoms with Gasteiger partial charge in [0.2, 0.25) is 0 Å². The van der Waals surface area contributed by atoms with Gasteiger partial charge in [-0.1, -0.05) is 33.8 Å². The van der Waals surface area contributed by atoms with Crippen LogP contribution in [0.25, 0.3) is 0 Å². The molecule has 0 aliphatic heterocycles. The fourth-order valence-corrected chi connectivity index (χ4v) is 0.851. The molecule has 72 valence electrons. The van der Waals surface area contributed by atoms with E-state index in [1.54, 1.807) is 20.8 Å². The first-order valence-electron chi connectivity index (χ1n) is 4.45. The summed E-state index contributed by atoms with van der Waals surface area (Å²) in [5, 5.41) is 0. The number of halogens is 2. The zero-order chi connectivity index (χ0) is 9.78. The van der Waals surface area contributed by atoms with Crippen LogP contribution >= 0.6 is 0 Å². The van der Waals surface area contributed by atoms with E-state index < -0.39 is 17.4 Å². The van der Waals surface area contributed by atoms with E-state index in [2.05, 4.69) is 0 Å². The van der Waals surface area contributed by atoms with Crippen LogP contribution in [0.15, 0.2) is 11.9 Å². The van der Waals surface area contributed by atoms with Crippen molar-refractivity contribution in [2.24, 2.45) is 5.41 Å². The van der Waals surface area contributed by atoms with Gasteiger partial charge in [0.05, 0.1) is 0 Å². The molecule has 0 aliphatic carbocycles. The van der Waals surface area contributed by atoms with Gasteiger partial charge in [-0.2, -0.15) is 0 Å². The van der Waals surface area contributed by atoms with Crippen molar-refractivity contribution < 1.29 is 8.78 Å². The first kappa shape index (κ1) is 11.6. The molecule has 0 nitrogen and oxygen atoms in total. The largest absolute Gasteiger partial charge is 0.239 e. The van der Waals surface area contributed by atoms with Gasteiger partial charge >= 0.3 is 0 Å². The van der Waals surface area contributed by atoms with Gasteiger partial charge in [0.15, 0.2) is 6.17 Å². The van der Waals surface area contributed by atoms with Crippen LogP contribution in [0.2, 0.25) is 0 Å². The van der Waals surface area contributed by atoms with E-state index in [9.17, 15) is 8.78 Å². The van der Waals surface area contributed by atoms with Crippen LogP contribution < -0.4 is 0 Å². The Hall–Kier alpha value is -0.400. The lowest BCUT2D eigenvalue weighted by Gasteiger charge is -2.25. The third-order valence-electron chi connectivity index (χ3n) is 2.24. The van der Waals surface area contributed by atoms with Crippen LogP contribution in [0.3, 0.4) is 0 Å². The lowest BCUT2D eigenvalue weighted by molar-refractivity contribution is 0.146. The molecule has 0 aromatic carbocycles. The van der Waals surface area contributed by atoms with E-state index in [4.69, 9.17) is 0 Å². The Balaban J connectivity index is 4.37. The molecule has 0 spiro atoms. The van der Waals surface area contributed by atoms with E-state index >= 15 is 0 Å². The third kappa shape index (κ3) is 2.92. The van der Waals surface area contributed by atoms with Crippen LogP contribution in [-0.2, 0) is 0 Å². The fourth-order valence-electron chi connectivity index (χ4n) is 0.851. The second kappa shape index (κ2) is 4.58. The van der Waals surface area contributed by atoms with Crippen LogP contribution in [0.5, 0.6) is 0 Å². The Morgan fingerprint density at radius 1 is 1.42 bits per heavy atom. The molecular weight excluding hydrogens is 158 g/mol. The highest BCUT2D eigenvalue weighted by Gasteiger charge is 2.30. The van der Waals surface area contributed by atoms with Gasteiger partial charge < -0.3 is 0 Å². The van der Waals surface area contributed by atoms with Crippen molar-refractivity contribution >= 4 is 0 Å². The maximum Gasteiger partial charge on any atom is 0.156 e. The van der Waals surface area contributed by atoms with E-state index in [0.717, 1.165) is 0 Å². The summed E-state index contributed by atoms with van der Waals surface area (Å²) in [6.45, 7) is 7.14. The van der Waals surface area contributed by atoms with E-state index in [0.29, 0.717) is 12.8 Å². The Morgan fingerprint density at radius 3 is 2.25 bits per heavy atom. The molecule has 0 aromatic heterocycles. The van der Waals surface area contributed by atoms with Gasteiger partial charge in [0, 0.05) is 5.41 Å². The normalized spacial score (nSPS) is 16.3. The molecule has 12 heavy (non-hydrogen) atoms. The molecule has 2 heteroatoms. The molecule has 0 N–H and O–H groups in total. The molecule has 0 aliphatic rings. The highest BCUT2D eigenvalue weighted by atomic mass is 19.2. The Morgan fingerprint density at radius 2 is 1.92 bits per heavy atom. The lowest BCUT2D eigenvalue weighted by atomic mass is 9.84. The highest BCUT2D eigenvalue weighted by Crippen LogP contribution is 2.32. The molecular formula is C10H18F2. The minimum atomic E-state index is -1.46. The Kier molecular flexibility index (Phi) is 4.43. The quantitative estimate of drug-likeness (QED) is 0.606. The van der Waals surface area contributed by atoms with Crippen molar-refractivity contribution in [3.05, 3.63) is 11.9 Å². The third-order valence-corrected chi connectivity index (χ3v) is 2.24. The fraction of sp³-hybridized carbons (Fsp3) is 0.800. The standard InChI is InChI=1S/C10H18F2/c1-5-7-8(11)9(12)10(3,4)6-2/h7,9H,5-6H2,1-4H3/b8-7+. The van der Waals surface area contributed by atoms with Crippen LogP contribution in [0.1, 0.15) is 40.5 Å². The smallest absolute Gasteiger partial charge is 0.156 e. The van der Waals surface area contributed by atoms with Gasteiger partial charge in [-0.25, -0.2) is 8.78 Å². The highest BCUT2D eigenvalue weighted by molar-refractivity contribution is 5.03. The number of allylic oxidation sites excluding steroid dienone is 2. The second-order valence-corrected chi connectivity index (χ2v) is 3.70. The molecule has 0 rings (SSSR count). The van der Waals surface area contributed by atoms with Gasteiger partial charge in [-0.3, -0.25) is 0 Å². The molecule has 0 saturated carbocycles. The first-order chi connectivity index (χ1) is 5.45. The SMILES string of the molecule is CC/C=C(/F)C(F)C(C)(C)CC. The van der Waals surface area contributed by atoms with Gasteiger partial charge in [-0.05, 0) is 12.8 Å². The zero-order valence-corrected chi connectivity index (χ0v) is 8.32. The zero-order valence-electron chi connectivity index (χ0n) is 8.32. The molecule has 0 aromatic rings. The van der Waals surface area contributed by atoms with Crippen molar-refractivity contribution in [2.75, 3.05) is 0 Å². The van der Waals surface area contributed by atoms with Crippen molar-refractivity contribution in [3.63, 3.8) is 0 Å². The lowest BCUT2D eigenvalue weighted by Crippen LogP contribution is -2.25. The summed E-state index contributed by atoms with van der Waals surface area (Å²) in [6, 6.07) is 0. The second-order valence-electron chi connectivity index (χ2n) is 3.70. The summed E-state index contributed by atoms with van der Waals surface area (Å²) in [6.07, 6.45) is 1.04. The molecule has 0 radical (unpaired) electrons. The summed E-state index contributed by atoms with van der Waals surface area (Å²) in [5.41, 5.74) is -0.588. The summed E-state index contributed by atoms with van der Waals surface area (Å²) < 4.78 is 26.3. The molecule has 0 amide bonds. The number of alkyl halides is 1. The molecule has 0 bridgehead atoms. The average molecular weight is 176 g/mol. The van der Waals surface area contributed by atoms with E-state index in [1.807, 2.05) is 6.92 Å². The van der Waals surface area contributed by atoms with Crippen molar-refractivity contribution in [3.8, 4) is 0 Å². The monoisotopic (exact) mass is 176 g/mol. The van der Waals surface area contributed by atoms with E-state index in [1.165, 1.54) is 6.08 Å². The summed E-state index contributed by atoms with van der Waals surface area (Å²) in [4.78, 5) is 0. The van der Waals surface area contributed by atoms with Crippen molar-refractivity contribution in [1.29, 1.82) is 0 Å². The number of rotatable bonds is 4. The van der Waals surface area contributed by atoms with Crippen molar-refractivity contribution in [1.82, 2.24) is 0 Å². The Bertz CT molecular complexity index is 159. The van der Waals surface area contributed by atoms with Gasteiger partial charge in [0.1, 0.15) is 5.83 Å². The summed E-state index contributed by atoms with van der Waals surface area (Å²) in [5.74, 6) is -0.621. The van der Waals surface area contributed by atoms with E-state index in [-0.39, 0.29) is 0 Å². The summed E-state index contributed by atoms with van der Waals surface area (Å²) in [7, 11) is 0. The van der Waals surface area contributed by atoms with Crippen molar-refractivity contribution in [2.45, 2.75) is 46.7 Å². The minimum absolute atomic E-state index is 0.548. The van der Waals surface area contributed by atoms with Crippen LogP contribution in [0.4, 0.5) is 8.78 Å². The predicted octanol–water partition coefficient (Wildman–Crippen LogP) is 4.02. The van der Waals surface area contributed by atoms with Crippen LogP contribution in [0, 0.1) is 5.41 Å². The van der Waals surface area contributed by atoms with Gasteiger partial charge in [0.25, 0.3) is 0 Å². The molecule has 0 saturated heterocycles. The number of hydrogen-bond acceptors (Lipinski definition) is 0. The topological polar surface area (TPSA) is 0 Å². The average Bonchev–Trinajstić information content (AvgIpc) is 2.03. The number of hydrogen-bond donors (Lipinski definition) is 0. The molecule has 1 atom stereocenters. The summed E-state index contributed by atoms with van der Waals surface area (Å²) >= 11 is 0. The molecule has 1 unspecified atom stereocenters. The Labute approximate surface area is 73.7 Å². The first-order valence-corrected chi connectivity index (χ1v) is 4.45. The molecule has 0 heterocycles. The minimum Gasteiger partial charge on any atom is -0.239 e. The maximum absolute atomic E-state index is 13.3. The molecule has 0 fully saturated rings. The maximum atomic E-state index is 13.3.